The Hall–Kier alpha value is -1.63. The Labute approximate surface area is 138 Å². The van der Waals surface area contributed by atoms with Crippen LogP contribution < -0.4 is 0 Å². The monoisotopic (exact) mass is 295 g/mol. The summed E-state index contributed by atoms with van der Waals surface area (Å²) >= 11 is 0. The first-order chi connectivity index (χ1) is 10.9. The molecule has 1 aromatic heterocycles. The van der Waals surface area contributed by atoms with Crippen LogP contribution in [0.4, 0.5) is 0 Å². The van der Waals surface area contributed by atoms with Gasteiger partial charge in [0.2, 0.25) is 0 Å². The Morgan fingerprint density at radius 2 is 0.955 bits per heavy atom. The molecule has 3 heteroatoms. The van der Waals surface area contributed by atoms with Crippen molar-refractivity contribution in [2.75, 3.05) is 0 Å². The standard InChI is InChI=1S/C12H8O.3C2H6.CH3B2/c1-3-7-11-9(5-1)10-6-2-4-8-12(10)13-11;3*1-2;1-3-2/h1-8H;3*1-2H3;1H3. The van der Waals surface area contributed by atoms with Crippen molar-refractivity contribution in [1.29, 1.82) is 0 Å². The van der Waals surface area contributed by atoms with Gasteiger partial charge in [-0.15, -0.1) is 6.82 Å². The fourth-order valence-corrected chi connectivity index (χ4v) is 1.67. The molecule has 1 heterocycles. The SMILES string of the molecule is CC.CC.CC.[B][B]C.c1ccc2c(c1)oc1ccccc12. The van der Waals surface area contributed by atoms with E-state index in [1.807, 2.05) is 77.9 Å². The topological polar surface area (TPSA) is 13.1 Å². The van der Waals surface area contributed by atoms with Crippen LogP contribution in [0, 0.1) is 0 Å². The van der Waals surface area contributed by atoms with Crippen LogP contribution in [0.15, 0.2) is 52.9 Å². The van der Waals surface area contributed by atoms with Crippen molar-refractivity contribution in [3.63, 3.8) is 0 Å². The maximum atomic E-state index is 5.65. The van der Waals surface area contributed by atoms with Crippen molar-refractivity contribution < 1.29 is 4.42 Å². The molecule has 0 amide bonds. The van der Waals surface area contributed by atoms with E-state index < -0.39 is 0 Å². The second kappa shape index (κ2) is 15.8. The molecule has 2 aromatic carbocycles. The molecule has 117 valence electrons. The number of rotatable bonds is 0. The molecule has 0 bridgehead atoms. The zero-order chi connectivity index (χ0) is 17.4. The molecule has 22 heavy (non-hydrogen) atoms. The highest BCUT2D eigenvalue weighted by Gasteiger charge is 2.03. The zero-order valence-electron chi connectivity index (χ0n) is 15.2. The zero-order valence-corrected chi connectivity index (χ0v) is 15.2. The summed E-state index contributed by atoms with van der Waals surface area (Å²) in [6.07, 6.45) is 0. The third-order valence-electron chi connectivity index (χ3n) is 2.28. The fraction of sp³-hybridized carbons (Fsp3) is 0.368. The largest absolute Gasteiger partial charge is 0.456 e. The average Bonchev–Trinajstić information content (AvgIpc) is 3.00. The van der Waals surface area contributed by atoms with Gasteiger partial charge in [0.1, 0.15) is 11.2 Å². The van der Waals surface area contributed by atoms with Crippen LogP contribution in [0.25, 0.3) is 21.9 Å². The molecule has 0 aliphatic carbocycles. The number of hydrogen-bond acceptors (Lipinski definition) is 1. The minimum Gasteiger partial charge on any atom is -0.456 e. The molecule has 3 radical (unpaired) electrons. The van der Waals surface area contributed by atoms with Crippen LogP contribution in [-0.4, -0.2) is 14.9 Å². The Morgan fingerprint density at radius 3 is 1.27 bits per heavy atom. The molecular formula is C19H29B2O. The van der Waals surface area contributed by atoms with E-state index in [1.54, 1.807) is 6.82 Å². The molecule has 0 aliphatic rings. The second-order valence-corrected chi connectivity index (χ2v) is 3.43. The molecule has 1 nitrogen and oxygen atoms in total. The molecule has 0 saturated heterocycles. The minimum atomic E-state index is 0.962. The smallest absolute Gasteiger partial charge is 0.135 e. The predicted octanol–water partition coefficient (Wildman–Crippen LogP) is 6.49. The first kappa shape index (κ1) is 22.6. The number of furan rings is 1. The highest BCUT2D eigenvalue weighted by atomic mass is 16.3. The second-order valence-electron chi connectivity index (χ2n) is 3.43. The van der Waals surface area contributed by atoms with Crippen LogP contribution in [-0.2, 0) is 0 Å². The lowest BCUT2D eigenvalue weighted by Gasteiger charge is -1.85. The van der Waals surface area contributed by atoms with Crippen molar-refractivity contribution in [1.82, 2.24) is 0 Å². The summed E-state index contributed by atoms with van der Waals surface area (Å²) in [5, 5.41) is 2.39. The molecule has 0 unspecified atom stereocenters. The van der Waals surface area contributed by atoms with E-state index >= 15 is 0 Å². The third kappa shape index (κ3) is 6.89. The van der Waals surface area contributed by atoms with Gasteiger partial charge < -0.3 is 4.42 Å². The highest BCUT2D eigenvalue weighted by Crippen LogP contribution is 2.27. The Morgan fingerprint density at radius 1 is 0.682 bits per heavy atom. The van der Waals surface area contributed by atoms with Gasteiger partial charge in [0.15, 0.2) is 0 Å². The van der Waals surface area contributed by atoms with Crippen LogP contribution >= 0.6 is 0 Å². The van der Waals surface area contributed by atoms with Gasteiger partial charge in [-0.05, 0) is 12.1 Å². The van der Waals surface area contributed by atoms with Crippen LogP contribution in [0.1, 0.15) is 41.5 Å². The first-order valence-corrected chi connectivity index (χ1v) is 8.22. The van der Waals surface area contributed by atoms with Crippen LogP contribution in [0.2, 0.25) is 6.82 Å². The van der Waals surface area contributed by atoms with Gasteiger partial charge in [-0.25, -0.2) is 0 Å². The van der Waals surface area contributed by atoms with Crippen molar-refractivity contribution in [3.05, 3.63) is 48.5 Å². The van der Waals surface area contributed by atoms with Gasteiger partial charge >= 0.3 is 0 Å². The number of benzene rings is 2. The van der Waals surface area contributed by atoms with Crippen LogP contribution in [0.5, 0.6) is 0 Å². The number of fused-ring (bicyclic) bond motifs is 3. The molecule has 0 fully saturated rings. The van der Waals surface area contributed by atoms with Gasteiger partial charge in [0.05, 0.1) is 7.17 Å². The van der Waals surface area contributed by atoms with E-state index in [0.29, 0.717) is 0 Å². The molecule has 3 rings (SSSR count). The molecule has 3 aromatic rings. The highest BCUT2D eigenvalue weighted by molar-refractivity contribution is 6.88. The van der Waals surface area contributed by atoms with E-state index in [1.165, 1.54) is 17.9 Å². The number of para-hydroxylation sites is 2. The van der Waals surface area contributed by atoms with E-state index in [-0.39, 0.29) is 0 Å². The summed E-state index contributed by atoms with van der Waals surface area (Å²) in [6.45, 7) is 13.8. The molecule has 0 aliphatic heterocycles. The summed E-state index contributed by atoms with van der Waals surface area (Å²) in [6, 6.07) is 16.2. The van der Waals surface area contributed by atoms with Crippen molar-refractivity contribution in [3.8, 4) is 0 Å². The lowest BCUT2D eigenvalue weighted by Crippen LogP contribution is -1.68. The number of hydrogen-bond donors (Lipinski definition) is 0. The Balaban J connectivity index is 0. The summed E-state index contributed by atoms with van der Waals surface area (Å²) in [5.41, 5.74) is 1.92. The maximum Gasteiger partial charge on any atom is 0.135 e. The third-order valence-corrected chi connectivity index (χ3v) is 2.28. The minimum absolute atomic E-state index is 0.962. The van der Waals surface area contributed by atoms with Gasteiger partial charge in [0.25, 0.3) is 0 Å². The van der Waals surface area contributed by atoms with Crippen molar-refractivity contribution in [2.24, 2.45) is 0 Å². The quantitative estimate of drug-likeness (QED) is 0.432. The summed E-state index contributed by atoms with van der Waals surface area (Å²) in [7, 11) is 6.22. The van der Waals surface area contributed by atoms with Gasteiger partial charge in [-0.3, -0.25) is 0 Å². The lowest BCUT2D eigenvalue weighted by atomic mass is 9.59. The Kier molecular flexibility index (Phi) is 16.2. The molecule has 0 atom stereocenters. The van der Waals surface area contributed by atoms with Crippen LogP contribution in [0.3, 0.4) is 0 Å². The first-order valence-electron chi connectivity index (χ1n) is 8.22. The maximum absolute atomic E-state index is 5.65. The van der Waals surface area contributed by atoms with Gasteiger partial charge in [-0.2, -0.15) is 0 Å². The molecule has 0 saturated carbocycles. The lowest BCUT2D eigenvalue weighted by molar-refractivity contribution is 0.669. The van der Waals surface area contributed by atoms with Gasteiger partial charge in [0, 0.05) is 18.5 Å². The molecule has 0 spiro atoms. The van der Waals surface area contributed by atoms with E-state index in [0.717, 1.165) is 11.2 Å². The fourth-order valence-electron chi connectivity index (χ4n) is 1.67. The summed E-state index contributed by atoms with van der Waals surface area (Å²) in [5.74, 6) is 0. The van der Waals surface area contributed by atoms with E-state index in [4.69, 9.17) is 12.2 Å². The average molecular weight is 295 g/mol. The summed E-state index contributed by atoms with van der Waals surface area (Å²) < 4.78 is 5.65. The van der Waals surface area contributed by atoms with Crippen molar-refractivity contribution >= 4 is 36.8 Å². The van der Waals surface area contributed by atoms with E-state index in [2.05, 4.69) is 12.1 Å². The van der Waals surface area contributed by atoms with Gasteiger partial charge in [-0.1, -0.05) is 77.9 Å². The van der Waals surface area contributed by atoms with E-state index in [9.17, 15) is 0 Å². The normalized spacial score (nSPS) is 7.95. The molecule has 0 N–H and O–H groups in total. The molecular weight excluding hydrogens is 266 g/mol. The van der Waals surface area contributed by atoms with Crippen molar-refractivity contribution in [2.45, 2.75) is 48.4 Å². The summed E-state index contributed by atoms with van der Waals surface area (Å²) in [4.78, 5) is 0. The Bertz CT molecular complexity index is 538. The predicted molar refractivity (Wildman–Crippen MR) is 105 cm³/mol.